The molecule has 0 fully saturated rings. The maximum Gasteiger partial charge on any atom is 0.310 e. The van der Waals surface area contributed by atoms with E-state index in [2.05, 4.69) is 5.32 Å². The molecule has 0 unspecified atom stereocenters. The van der Waals surface area contributed by atoms with E-state index in [1.54, 1.807) is 18.2 Å². The van der Waals surface area contributed by atoms with Crippen LogP contribution in [0.3, 0.4) is 0 Å². The van der Waals surface area contributed by atoms with Crippen LogP contribution in [0.5, 0.6) is 0 Å². The van der Waals surface area contributed by atoms with E-state index in [9.17, 15) is 9.59 Å². The third-order valence-electron chi connectivity index (χ3n) is 2.98. The molecule has 4 nitrogen and oxygen atoms in total. The highest BCUT2D eigenvalue weighted by Gasteiger charge is 2.09. The van der Waals surface area contributed by atoms with Crippen LogP contribution in [0.1, 0.15) is 11.1 Å². The average molecular weight is 352 g/mol. The minimum Gasteiger partial charge on any atom is -0.455 e. The number of rotatable bonds is 5. The van der Waals surface area contributed by atoms with Crippen molar-refractivity contribution >= 4 is 40.8 Å². The van der Waals surface area contributed by atoms with Gasteiger partial charge in [-0.3, -0.25) is 9.59 Å². The topological polar surface area (TPSA) is 55.4 Å². The minimum absolute atomic E-state index is 0.122. The van der Waals surface area contributed by atoms with E-state index in [0.717, 1.165) is 11.1 Å². The number of ether oxygens (including phenoxy) is 1. The van der Waals surface area contributed by atoms with E-state index >= 15 is 0 Å². The van der Waals surface area contributed by atoms with Crippen molar-refractivity contribution in [2.45, 2.75) is 13.3 Å². The van der Waals surface area contributed by atoms with Crippen LogP contribution in [0.4, 0.5) is 5.69 Å². The standard InChI is InChI=1S/C17H15Cl2NO3/c1-11-2-4-12(5-3-11)6-17(22)23-10-16(21)20-15-8-13(18)7-14(19)9-15/h2-5,7-9H,6,10H2,1H3,(H,20,21). The van der Waals surface area contributed by atoms with Gasteiger partial charge >= 0.3 is 5.97 Å². The molecule has 0 bridgehead atoms. The Bertz CT molecular complexity index is 694. The SMILES string of the molecule is Cc1ccc(CC(=O)OCC(=O)Nc2cc(Cl)cc(Cl)c2)cc1. The van der Waals surface area contributed by atoms with Crippen LogP contribution in [0.25, 0.3) is 0 Å². The van der Waals surface area contributed by atoms with Gasteiger partial charge in [-0.05, 0) is 30.7 Å². The predicted molar refractivity (Wildman–Crippen MR) is 90.9 cm³/mol. The first-order valence-electron chi connectivity index (χ1n) is 6.89. The van der Waals surface area contributed by atoms with Crippen LogP contribution in [0.2, 0.25) is 10.0 Å². The van der Waals surface area contributed by atoms with Gasteiger partial charge in [0.05, 0.1) is 6.42 Å². The largest absolute Gasteiger partial charge is 0.455 e. The number of anilines is 1. The highest BCUT2D eigenvalue weighted by molar-refractivity contribution is 6.35. The Balaban J connectivity index is 1.81. The van der Waals surface area contributed by atoms with Crippen molar-refractivity contribution in [3.63, 3.8) is 0 Å². The van der Waals surface area contributed by atoms with Crippen molar-refractivity contribution in [2.75, 3.05) is 11.9 Å². The maximum atomic E-state index is 11.8. The van der Waals surface area contributed by atoms with E-state index in [1.807, 2.05) is 31.2 Å². The zero-order chi connectivity index (χ0) is 16.8. The Morgan fingerprint density at radius 1 is 1.04 bits per heavy atom. The molecule has 0 radical (unpaired) electrons. The zero-order valence-corrected chi connectivity index (χ0v) is 13.9. The lowest BCUT2D eigenvalue weighted by Crippen LogP contribution is -2.21. The number of amides is 1. The molecule has 2 rings (SSSR count). The summed E-state index contributed by atoms with van der Waals surface area (Å²) >= 11 is 11.7. The van der Waals surface area contributed by atoms with Crippen LogP contribution in [0.15, 0.2) is 42.5 Å². The Kier molecular flexibility index (Phi) is 6.02. The Morgan fingerprint density at radius 3 is 2.26 bits per heavy atom. The summed E-state index contributed by atoms with van der Waals surface area (Å²) in [6.07, 6.45) is 0.122. The van der Waals surface area contributed by atoms with Gasteiger partial charge in [-0.2, -0.15) is 0 Å². The number of aryl methyl sites for hydroxylation is 1. The lowest BCUT2D eigenvalue weighted by atomic mass is 10.1. The summed E-state index contributed by atoms with van der Waals surface area (Å²) < 4.78 is 4.95. The molecule has 0 aliphatic rings. The summed E-state index contributed by atoms with van der Waals surface area (Å²) in [6, 6.07) is 12.2. The van der Waals surface area contributed by atoms with Crippen molar-refractivity contribution < 1.29 is 14.3 Å². The minimum atomic E-state index is -0.465. The fourth-order valence-corrected chi connectivity index (χ4v) is 2.42. The van der Waals surface area contributed by atoms with Crippen LogP contribution < -0.4 is 5.32 Å². The summed E-state index contributed by atoms with van der Waals surface area (Å²) in [5.41, 5.74) is 2.39. The normalized spacial score (nSPS) is 10.2. The molecule has 0 aliphatic carbocycles. The second kappa shape index (κ2) is 7.99. The average Bonchev–Trinajstić information content (AvgIpc) is 2.46. The molecule has 1 amide bonds. The smallest absolute Gasteiger partial charge is 0.310 e. The lowest BCUT2D eigenvalue weighted by molar-refractivity contribution is -0.146. The number of carbonyl (C=O) groups excluding carboxylic acids is 2. The first-order chi connectivity index (χ1) is 10.9. The monoisotopic (exact) mass is 351 g/mol. The van der Waals surface area contributed by atoms with Crippen molar-refractivity contribution in [2.24, 2.45) is 0 Å². The predicted octanol–water partition coefficient (Wildman–Crippen LogP) is 4.03. The van der Waals surface area contributed by atoms with Gasteiger partial charge in [0, 0.05) is 15.7 Å². The fourth-order valence-electron chi connectivity index (χ4n) is 1.89. The molecule has 0 heterocycles. The van der Waals surface area contributed by atoms with Gasteiger partial charge in [0.25, 0.3) is 5.91 Å². The van der Waals surface area contributed by atoms with E-state index in [-0.39, 0.29) is 13.0 Å². The highest BCUT2D eigenvalue weighted by atomic mass is 35.5. The van der Waals surface area contributed by atoms with Crippen molar-refractivity contribution in [3.8, 4) is 0 Å². The second-order valence-corrected chi connectivity index (χ2v) is 5.90. The number of hydrogen-bond acceptors (Lipinski definition) is 3. The first kappa shape index (κ1) is 17.3. The molecule has 0 atom stereocenters. The molecule has 6 heteroatoms. The molecule has 0 aliphatic heterocycles. The molecule has 2 aromatic carbocycles. The lowest BCUT2D eigenvalue weighted by Gasteiger charge is -2.08. The van der Waals surface area contributed by atoms with Crippen LogP contribution >= 0.6 is 23.2 Å². The van der Waals surface area contributed by atoms with Gasteiger partial charge in [0.1, 0.15) is 0 Å². The molecule has 0 spiro atoms. The highest BCUT2D eigenvalue weighted by Crippen LogP contribution is 2.22. The molecule has 2 aromatic rings. The van der Waals surface area contributed by atoms with E-state index in [4.69, 9.17) is 27.9 Å². The summed E-state index contributed by atoms with van der Waals surface area (Å²) in [4.78, 5) is 23.5. The molecular formula is C17H15Cl2NO3. The van der Waals surface area contributed by atoms with Crippen LogP contribution in [-0.4, -0.2) is 18.5 Å². The number of hydrogen-bond donors (Lipinski definition) is 1. The molecule has 0 aromatic heterocycles. The number of benzene rings is 2. The van der Waals surface area contributed by atoms with Gasteiger partial charge in [0.15, 0.2) is 6.61 Å². The summed E-state index contributed by atoms with van der Waals surface area (Å²) in [5.74, 6) is -0.922. The van der Waals surface area contributed by atoms with Crippen LogP contribution in [-0.2, 0) is 20.7 Å². The first-order valence-corrected chi connectivity index (χ1v) is 7.65. The Morgan fingerprint density at radius 2 is 1.65 bits per heavy atom. The summed E-state index contributed by atoms with van der Waals surface area (Å²) in [6.45, 7) is 1.60. The van der Waals surface area contributed by atoms with Gasteiger partial charge in [-0.25, -0.2) is 0 Å². The molecule has 120 valence electrons. The van der Waals surface area contributed by atoms with Gasteiger partial charge < -0.3 is 10.1 Å². The Hall–Kier alpha value is -2.04. The molecule has 0 saturated carbocycles. The van der Waals surface area contributed by atoms with Crippen molar-refractivity contribution in [1.29, 1.82) is 0 Å². The number of halogens is 2. The summed E-state index contributed by atoms with van der Waals surface area (Å²) in [7, 11) is 0. The van der Waals surface area contributed by atoms with Crippen LogP contribution in [0, 0.1) is 6.92 Å². The number of nitrogens with one attached hydrogen (secondary N) is 1. The van der Waals surface area contributed by atoms with Gasteiger partial charge in [-0.1, -0.05) is 53.0 Å². The van der Waals surface area contributed by atoms with E-state index in [0.29, 0.717) is 15.7 Å². The quantitative estimate of drug-likeness (QED) is 0.827. The van der Waals surface area contributed by atoms with Crippen molar-refractivity contribution in [1.82, 2.24) is 0 Å². The second-order valence-electron chi connectivity index (χ2n) is 5.03. The third-order valence-corrected chi connectivity index (χ3v) is 3.42. The fraction of sp³-hybridized carbons (Fsp3) is 0.176. The molecule has 0 saturated heterocycles. The molecular weight excluding hydrogens is 337 g/mol. The number of esters is 1. The summed E-state index contributed by atoms with van der Waals surface area (Å²) in [5, 5.41) is 3.38. The van der Waals surface area contributed by atoms with Crippen molar-refractivity contribution in [3.05, 3.63) is 63.6 Å². The molecule has 1 N–H and O–H groups in total. The third kappa shape index (κ3) is 5.93. The van der Waals surface area contributed by atoms with E-state index < -0.39 is 11.9 Å². The van der Waals surface area contributed by atoms with Gasteiger partial charge in [-0.15, -0.1) is 0 Å². The Labute approximate surface area is 144 Å². The van der Waals surface area contributed by atoms with Gasteiger partial charge in [0.2, 0.25) is 0 Å². The molecule has 23 heavy (non-hydrogen) atoms. The number of carbonyl (C=O) groups is 2. The van der Waals surface area contributed by atoms with E-state index in [1.165, 1.54) is 0 Å². The maximum absolute atomic E-state index is 11.8. The zero-order valence-electron chi connectivity index (χ0n) is 12.4.